The van der Waals surface area contributed by atoms with Crippen LogP contribution in [0.2, 0.25) is 0 Å². The first-order chi connectivity index (χ1) is 17.9. The van der Waals surface area contributed by atoms with Gasteiger partial charge in [-0.3, -0.25) is 0 Å². The maximum Gasteiger partial charge on any atom is 0.0788 e. The number of fused-ring (bicyclic) bond motifs is 1. The average Bonchev–Trinajstić information content (AvgIpc) is 3.47. The Morgan fingerprint density at radius 2 is 1.05 bits per heavy atom. The summed E-state index contributed by atoms with van der Waals surface area (Å²) in [6.45, 7) is 8.51. The number of aliphatic imine (C=N–C) groups is 1. The lowest BCUT2D eigenvalue weighted by atomic mass is 9.96. The Morgan fingerprint density at radius 3 is 1.68 bits per heavy atom. The molecule has 2 nitrogen and oxygen atoms in total. The molecule has 37 heavy (non-hydrogen) atoms. The molecule has 2 heterocycles. The van der Waals surface area contributed by atoms with Gasteiger partial charge in [0.05, 0.1) is 11.4 Å². The van der Waals surface area contributed by atoms with Crippen molar-refractivity contribution in [2.75, 3.05) is 0 Å². The molecule has 4 aromatic carbocycles. The molecular weight excluding hydrogens is 448 g/mol. The van der Waals surface area contributed by atoms with Crippen molar-refractivity contribution in [3.63, 3.8) is 0 Å². The van der Waals surface area contributed by atoms with Crippen molar-refractivity contribution < 1.29 is 0 Å². The Morgan fingerprint density at radius 1 is 0.514 bits per heavy atom. The molecule has 6 rings (SSSR count). The van der Waals surface area contributed by atoms with Crippen LogP contribution < -0.4 is 0 Å². The fraction of sp³-hybridized carbons (Fsp3) is 0.114. The summed E-state index contributed by atoms with van der Waals surface area (Å²) in [5, 5.41) is 0. The number of nitrogens with zero attached hydrogens (tertiary/aromatic N) is 1. The van der Waals surface area contributed by atoms with Crippen molar-refractivity contribution >= 4 is 17.5 Å². The van der Waals surface area contributed by atoms with Crippen LogP contribution in [0.3, 0.4) is 0 Å². The molecule has 0 amide bonds. The highest BCUT2D eigenvalue weighted by Crippen LogP contribution is 2.37. The van der Waals surface area contributed by atoms with Gasteiger partial charge in [-0.15, -0.1) is 0 Å². The molecule has 0 saturated carbocycles. The van der Waals surface area contributed by atoms with Crippen LogP contribution in [-0.4, -0.2) is 10.7 Å². The summed E-state index contributed by atoms with van der Waals surface area (Å²) in [4.78, 5) is 8.91. The zero-order valence-corrected chi connectivity index (χ0v) is 21.8. The summed E-state index contributed by atoms with van der Waals surface area (Å²) in [6.07, 6.45) is 2.21. The van der Waals surface area contributed by atoms with Gasteiger partial charge in [-0.25, -0.2) is 4.99 Å². The number of aromatic nitrogens is 1. The third-order valence-electron chi connectivity index (χ3n) is 7.12. The second-order valence-electron chi connectivity index (χ2n) is 10.1. The van der Waals surface area contributed by atoms with Gasteiger partial charge in [-0.2, -0.15) is 0 Å². The van der Waals surface area contributed by atoms with Gasteiger partial charge in [0.1, 0.15) is 0 Å². The van der Waals surface area contributed by atoms with Crippen LogP contribution in [0.25, 0.3) is 34.2 Å². The number of nitrogens with one attached hydrogen (secondary N) is 1. The number of aromatic amines is 1. The van der Waals surface area contributed by atoms with E-state index in [9.17, 15) is 0 Å². The molecular formula is C35H30N2. The maximum atomic E-state index is 5.19. The highest BCUT2D eigenvalue weighted by Gasteiger charge is 2.23. The minimum absolute atomic E-state index is 0.986. The molecule has 0 radical (unpaired) electrons. The Labute approximate surface area is 219 Å². The van der Waals surface area contributed by atoms with Gasteiger partial charge in [0.2, 0.25) is 0 Å². The second-order valence-corrected chi connectivity index (χ2v) is 10.1. The van der Waals surface area contributed by atoms with Gasteiger partial charge < -0.3 is 4.98 Å². The van der Waals surface area contributed by atoms with Crippen LogP contribution in [0.1, 0.15) is 44.6 Å². The quantitative estimate of drug-likeness (QED) is 0.267. The van der Waals surface area contributed by atoms with Crippen molar-refractivity contribution in [2.24, 2.45) is 4.99 Å². The van der Waals surface area contributed by atoms with Gasteiger partial charge in [0, 0.05) is 33.6 Å². The van der Waals surface area contributed by atoms with E-state index in [1.807, 2.05) is 0 Å². The van der Waals surface area contributed by atoms with E-state index in [1.54, 1.807) is 0 Å². The standard InChI is InChI=1S/C35H30N2/c1-22-5-12-26(13-6-22)30-20-32(27-14-7-23(2)8-15-27)36-33(30)21-34-31-19-25(4)11-18-29(31)35(37-34)28-16-9-24(3)10-17-28/h5-21,36H,1-4H3/b34-21-. The van der Waals surface area contributed by atoms with E-state index in [1.165, 1.54) is 50.1 Å². The summed E-state index contributed by atoms with van der Waals surface area (Å²) in [5.74, 6) is 0. The van der Waals surface area contributed by atoms with Crippen molar-refractivity contribution in [3.05, 3.63) is 142 Å². The molecule has 1 aromatic heterocycles. The first-order valence-corrected chi connectivity index (χ1v) is 12.8. The number of hydrogen-bond acceptors (Lipinski definition) is 1. The number of aryl methyl sites for hydroxylation is 4. The summed E-state index contributed by atoms with van der Waals surface area (Å²) in [5.41, 5.74) is 16.2. The van der Waals surface area contributed by atoms with E-state index < -0.39 is 0 Å². The Bertz CT molecular complexity index is 1660. The van der Waals surface area contributed by atoms with Gasteiger partial charge in [0.15, 0.2) is 0 Å². The highest BCUT2D eigenvalue weighted by molar-refractivity contribution is 6.21. The van der Waals surface area contributed by atoms with Crippen molar-refractivity contribution in [3.8, 4) is 22.4 Å². The van der Waals surface area contributed by atoms with E-state index in [0.29, 0.717) is 0 Å². The fourth-order valence-corrected chi connectivity index (χ4v) is 4.94. The fourth-order valence-electron chi connectivity index (χ4n) is 4.94. The molecule has 1 N–H and O–H groups in total. The minimum atomic E-state index is 0.986. The van der Waals surface area contributed by atoms with Crippen LogP contribution in [0.4, 0.5) is 0 Å². The largest absolute Gasteiger partial charge is 0.354 e. The Balaban J connectivity index is 1.53. The monoisotopic (exact) mass is 478 g/mol. The molecule has 2 heteroatoms. The van der Waals surface area contributed by atoms with Gasteiger partial charge >= 0.3 is 0 Å². The smallest absolute Gasteiger partial charge is 0.0788 e. The van der Waals surface area contributed by atoms with Crippen molar-refractivity contribution in [1.29, 1.82) is 0 Å². The first kappa shape index (κ1) is 23.0. The van der Waals surface area contributed by atoms with Crippen LogP contribution in [0.15, 0.2) is 102 Å². The normalized spacial score (nSPS) is 13.6. The molecule has 0 atom stereocenters. The van der Waals surface area contributed by atoms with Crippen LogP contribution in [0, 0.1) is 27.7 Å². The predicted molar refractivity (Wildman–Crippen MR) is 157 cm³/mol. The molecule has 0 saturated heterocycles. The lowest BCUT2D eigenvalue weighted by Crippen LogP contribution is -2.00. The molecule has 1 aliphatic rings. The van der Waals surface area contributed by atoms with Gasteiger partial charge in [-0.05, 0) is 57.0 Å². The number of benzene rings is 4. The Hall–Kier alpha value is -4.43. The SMILES string of the molecule is Cc1ccc(C2=N/C(=C\c3[nH]c(-c4ccc(C)cc4)cc3-c3ccc(C)cc3)c3cc(C)ccc32)cc1. The third-order valence-corrected chi connectivity index (χ3v) is 7.12. The first-order valence-electron chi connectivity index (χ1n) is 12.8. The van der Waals surface area contributed by atoms with E-state index in [0.717, 1.165) is 28.4 Å². The Kier molecular flexibility index (Phi) is 5.73. The molecule has 1 aliphatic heterocycles. The number of hydrogen-bond donors (Lipinski definition) is 1. The van der Waals surface area contributed by atoms with E-state index in [4.69, 9.17) is 4.99 Å². The molecule has 180 valence electrons. The van der Waals surface area contributed by atoms with E-state index in [2.05, 4.69) is 136 Å². The highest BCUT2D eigenvalue weighted by atomic mass is 14.8. The lowest BCUT2D eigenvalue weighted by molar-refractivity contribution is 1.36. The summed E-state index contributed by atoms with van der Waals surface area (Å²) in [6, 6.07) is 35.0. The maximum absolute atomic E-state index is 5.19. The molecule has 5 aromatic rings. The molecule has 0 bridgehead atoms. The van der Waals surface area contributed by atoms with Crippen LogP contribution >= 0.6 is 0 Å². The molecule has 0 spiro atoms. The summed E-state index contributed by atoms with van der Waals surface area (Å²) in [7, 11) is 0. The van der Waals surface area contributed by atoms with E-state index in [-0.39, 0.29) is 0 Å². The number of rotatable bonds is 4. The predicted octanol–water partition coefficient (Wildman–Crippen LogP) is 8.93. The summed E-state index contributed by atoms with van der Waals surface area (Å²) >= 11 is 0. The van der Waals surface area contributed by atoms with Crippen LogP contribution in [-0.2, 0) is 0 Å². The van der Waals surface area contributed by atoms with Gasteiger partial charge in [0.25, 0.3) is 0 Å². The number of H-pyrrole nitrogens is 1. The molecule has 0 fully saturated rings. The second kappa shape index (κ2) is 9.22. The topological polar surface area (TPSA) is 28.1 Å². The van der Waals surface area contributed by atoms with Crippen molar-refractivity contribution in [1.82, 2.24) is 4.98 Å². The zero-order chi connectivity index (χ0) is 25.5. The van der Waals surface area contributed by atoms with E-state index >= 15 is 0 Å². The minimum Gasteiger partial charge on any atom is -0.354 e. The lowest BCUT2D eigenvalue weighted by Gasteiger charge is -2.05. The molecule has 0 aliphatic carbocycles. The molecule has 0 unspecified atom stereocenters. The summed E-state index contributed by atoms with van der Waals surface area (Å²) < 4.78 is 0. The third kappa shape index (κ3) is 4.47. The van der Waals surface area contributed by atoms with Crippen molar-refractivity contribution in [2.45, 2.75) is 27.7 Å². The average molecular weight is 479 g/mol. The van der Waals surface area contributed by atoms with Gasteiger partial charge in [-0.1, -0.05) is 107 Å². The van der Waals surface area contributed by atoms with Crippen LogP contribution in [0.5, 0.6) is 0 Å². The zero-order valence-electron chi connectivity index (χ0n) is 21.8.